The normalized spacial score (nSPS) is 12.5. The fourth-order valence-electron chi connectivity index (χ4n) is 1.73. The average Bonchev–Trinajstić information content (AvgIpc) is 2.76. The van der Waals surface area contributed by atoms with Crippen LogP contribution in [0, 0.1) is 0 Å². The molecule has 0 aliphatic rings. The standard InChI is InChI=1S/C13H17N3OS2/c1-8(18-2)3-6-16-13(17)12-11(14)9-4-5-15-7-10(9)19-12/h4-5,7-8H,3,6,14H2,1-2H3,(H,16,17). The predicted octanol–water partition coefficient (Wildman–Crippen LogP) is 2.75. The lowest BCUT2D eigenvalue weighted by molar-refractivity contribution is 0.0958. The van der Waals surface area contributed by atoms with Crippen molar-refractivity contribution in [3.63, 3.8) is 0 Å². The second-order valence-electron chi connectivity index (χ2n) is 4.31. The van der Waals surface area contributed by atoms with Gasteiger partial charge < -0.3 is 11.1 Å². The molecular weight excluding hydrogens is 278 g/mol. The molecule has 2 aromatic rings. The molecule has 0 aromatic carbocycles. The van der Waals surface area contributed by atoms with Crippen LogP contribution in [0.25, 0.3) is 10.1 Å². The Morgan fingerprint density at radius 3 is 3.11 bits per heavy atom. The van der Waals surface area contributed by atoms with Gasteiger partial charge in [-0.05, 0) is 18.7 Å². The van der Waals surface area contributed by atoms with Crippen LogP contribution in [-0.4, -0.2) is 28.9 Å². The minimum absolute atomic E-state index is 0.0907. The number of hydrogen-bond acceptors (Lipinski definition) is 5. The largest absolute Gasteiger partial charge is 0.397 e. The third-order valence-corrected chi connectivity index (χ3v) is 5.17. The monoisotopic (exact) mass is 295 g/mol. The van der Waals surface area contributed by atoms with Crippen LogP contribution in [0.15, 0.2) is 18.5 Å². The number of carbonyl (C=O) groups is 1. The number of carbonyl (C=O) groups excluding carboxylic acids is 1. The summed E-state index contributed by atoms with van der Waals surface area (Å²) in [4.78, 5) is 16.7. The zero-order valence-electron chi connectivity index (χ0n) is 11.0. The lowest BCUT2D eigenvalue weighted by Gasteiger charge is -2.08. The number of nitrogens with zero attached hydrogens (tertiary/aromatic N) is 1. The number of pyridine rings is 1. The van der Waals surface area contributed by atoms with E-state index in [1.54, 1.807) is 24.2 Å². The molecule has 1 unspecified atom stereocenters. The van der Waals surface area contributed by atoms with Crippen molar-refractivity contribution in [2.24, 2.45) is 0 Å². The van der Waals surface area contributed by atoms with E-state index in [2.05, 4.69) is 23.5 Å². The number of hydrogen-bond donors (Lipinski definition) is 2. The van der Waals surface area contributed by atoms with Crippen LogP contribution in [0.1, 0.15) is 23.0 Å². The molecule has 1 amide bonds. The van der Waals surface area contributed by atoms with Crippen LogP contribution in [0.5, 0.6) is 0 Å². The molecule has 102 valence electrons. The number of nitrogens with one attached hydrogen (secondary N) is 1. The van der Waals surface area contributed by atoms with E-state index in [0.29, 0.717) is 22.4 Å². The molecule has 2 heterocycles. The van der Waals surface area contributed by atoms with E-state index in [1.165, 1.54) is 11.3 Å². The first-order chi connectivity index (χ1) is 9.13. The molecule has 2 aromatic heterocycles. The summed E-state index contributed by atoms with van der Waals surface area (Å²) in [5, 5.41) is 4.37. The van der Waals surface area contributed by atoms with Gasteiger partial charge in [-0.15, -0.1) is 11.3 Å². The molecule has 3 N–H and O–H groups in total. The van der Waals surface area contributed by atoms with Crippen molar-refractivity contribution >= 4 is 44.8 Å². The van der Waals surface area contributed by atoms with Crippen LogP contribution in [0.3, 0.4) is 0 Å². The second-order valence-corrected chi connectivity index (χ2v) is 6.64. The predicted molar refractivity (Wildman–Crippen MR) is 84.0 cm³/mol. The highest BCUT2D eigenvalue weighted by Gasteiger charge is 2.16. The van der Waals surface area contributed by atoms with Gasteiger partial charge in [0.1, 0.15) is 4.88 Å². The number of anilines is 1. The third kappa shape index (κ3) is 3.19. The van der Waals surface area contributed by atoms with Crippen LogP contribution >= 0.6 is 23.1 Å². The van der Waals surface area contributed by atoms with Gasteiger partial charge in [0, 0.05) is 29.6 Å². The Balaban J connectivity index is 2.07. The number of nitrogen functional groups attached to an aromatic ring is 1. The summed E-state index contributed by atoms with van der Waals surface area (Å²) in [7, 11) is 0. The summed E-state index contributed by atoms with van der Waals surface area (Å²) in [5.74, 6) is -0.0907. The van der Waals surface area contributed by atoms with Crippen molar-refractivity contribution in [2.75, 3.05) is 18.5 Å². The summed E-state index contributed by atoms with van der Waals surface area (Å²) >= 11 is 3.19. The maximum absolute atomic E-state index is 12.1. The van der Waals surface area contributed by atoms with Gasteiger partial charge in [0.05, 0.1) is 10.4 Å². The Labute approximate surface area is 120 Å². The SMILES string of the molecule is CSC(C)CCNC(=O)c1sc2cnccc2c1N. The molecule has 2 rings (SSSR count). The molecule has 4 nitrogen and oxygen atoms in total. The Morgan fingerprint density at radius 1 is 1.63 bits per heavy atom. The van der Waals surface area contributed by atoms with Crippen molar-refractivity contribution < 1.29 is 4.79 Å². The van der Waals surface area contributed by atoms with Gasteiger partial charge in [-0.1, -0.05) is 6.92 Å². The highest BCUT2D eigenvalue weighted by atomic mass is 32.2. The summed E-state index contributed by atoms with van der Waals surface area (Å²) in [6.07, 6.45) is 6.46. The lowest BCUT2D eigenvalue weighted by Crippen LogP contribution is -2.25. The van der Waals surface area contributed by atoms with Gasteiger partial charge in [0.2, 0.25) is 0 Å². The number of thioether (sulfide) groups is 1. The van der Waals surface area contributed by atoms with Crippen molar-refractivity contribution in [1.29, 1.82) is 0 Å². The summed E-state index contributed by atoms with van der Waals surface area (Å²) in [5.41, 5.74) is 6.57. The van der Waals surface area contributed by atoms with Gasteiger partial charge >= 0.3 is 0 Å². The minimum atomic E-state index is -0.0907. The fourth-order valence-corrected chi connectivity index (χ4v) is 3.09. The number of rotatable bonds is 5. The zero-order chi connectivity index (χ0) is 13.8. The molecular formula is C13H17N3OS2. The summed E-state index contributed by atoms with van der Waals surface area (Å²) < 4.78 is 0.947. The van der Waals surface area contributed by atoms with Crippen LogP contribution in [-0.2, 0) is 0 Å². The van der Waals surface area contributed by atoms with Crippen molar-refractivity contribution in [1.82, 2.24) is 10.3 Å². The maximum Gasteiger partial charge on any atom is 0.263 e. The first kappa shape index (κ1) is 14.1. The van der Waals surface area contributed by atoms with Gasteiger partial charge in [-0.2, -0.15) is 11.8 Å². The highest BCUT2D eigenvalue weighted by Crippen LogP contribution is 2.32. The first-order valence-electron chi connectivity index (χ1n) is 6.06. The van der Waals surface area contributed by atoms with Gasteiger partial charge in [0.25, 0.3) is 5.91 Å². The first-order valence-corrected chi connectivity index (χ1v) is 8.17. The van der Waals surface area contributed by atoms with E-state index in [1.807, 2.05) is 6.07 Å². The van der Waals surface area contributed by atoms with Gasteiger partial charge in [-0.25, -0.2) is 0 Å². The van der Waals surface area contributed by atoms with Crippen LogP contribution < -0.4 is 11.1 Å². The zero-order valence-corrected chi connectivity index (χ0v) is 12.6. The lowest BCUT2D eigenvalue weighted by atomic mass is 10.2. The number of aromatic nitrogens is 1. The molecule has 0 spiro atoms. The Bertz CT molecular complexity index is 582. The highest BCUT2D eigenvalue weighted by molar-refractivity contribution is 7.99. The number of amides is 1. The summed E-state index contributed by atoms with van der Waals surface area (Å²) in [6, 6.07) is 1.84. The number of nitrogens with two attached hydrogens (primary N) is 1. The second kappa shape index (κ2) is 6.25. The molecule has 6 heteroatoms. The van der Waals surface area contributed by atoms with Crippen LogP contribution in [0.4, 0.5) is 5.69 Å². The molecule has 19 heavy (non-hydrogen) atoms. The topological polar surface area (TPSA) is 68.0 Å². The van der Waals surface area contributed by atoms with E-state index in [4.69, 9.17) is 5.73 Å². The molecule has 1 atom stereocenters. The molecule has 0 saturated heterocycles. The molecule has 0 saturated carbocycles. The fraction of sp³-hybridized carbons (Fsp3) is 0.385. The van der Waals surface area contributed by atoms with E-state index >= 15 is 0 Å². The molecule has 0 fully saturated rings. The molecule has 0 radical (unpaired) electrons. The Morgan fingerprint density at radius 2 is 2.42 bits per heavy atom. The average molecular weight is 295 g/mol. The molecule has 0 bridgehead atoms. The van der Waals surface area contributed by atoms with E-state index in [9.17, 15) is 4.79 Å². The summed E-state index contributed by atoms with van der Waals surface area (Å²) in [6.45, 7) is 2.82. The van der Waals surface area contributed by atoms with Crippen molar-refractivity contribution in [3.05, 3.63) is 23.3 Å². The smallest absolute Gasteiger partial charge is 0.263 e. The Hall–Kier alpha value is -1.27. The van der Waals surface area contributed by atoms with Crippen molar-refractivity contribution in [3.8, 4) is 0 Å². The van der Waals surface area contributed by atoms with Crippen molar-refractivity contribution in [2.45, 2.75) is 18.6 Å². The van der Waals surface area contributed by atoms with Gasteiger partial charge in [-0.3, -0.25) is 9.78 Å². The maximum atomic E-state index is 12.1. The molecule has 0 aliphatic carbocycles. The van der Waals surface area contributed by atoms with Gasteiger partial charge in [0.15, 0.2) is 0 Å². The Kier molecular flexibility index (Phi) is 4.66. The van der Waals surface area contributed by atoms with Crippen LogP contribution in [0.2, 0.25) is 0 Å². The number of fused-ring (bicyclic) bond motifs is 1. The van der Waals surface area contributed by atoms with E-state index in [0.717, 1.165) is 16.5 Å². The molecule has 0 aliphatic heterocycles. The quantitative estimate of drug-likeness (QED) is 0.890. The minimum Gasteiger partial charge on any atom is -0.397 e. The van der Waals surface area contributed by atoms with E-state index in [-0.39, 0.29) is 5.91 Å². The van der Waals surface area contributed by atoms with E-state index < -0.39 is 0 Å². The third-order valence-electron chi connectivity index (χ3n) is 2.98. The number of thiophene rings is 1.